The Labute approximate surface area is 209 Å². The van der Waals surface area contributed by atoms with Gasteiger partial charge < -0.3 is 0 Å². The minimum absolute atomic E-state index is 0.0236. The first-order valence-electron chi connectivity index (χ1n) is 11.9. The lowest BCUT2D eigenvalue weighted by Gasteiger charge is -2.52. The van der Waals surface area contributed by atoms with E-state index in [1.54, 1.807) is 24.8 Å². The van der Waals surface area contributed by atoms with Crippen LogP contribution in [0.1, 0.15) is 79.0 Å². The normalized spacial score (nSPS) is 13.4. The molecule has 4 nitrogen and oxygen atoms in total. The van der Waals surface area contributed by atoms with Crippen LogP contribution in [0.15, 0.2) is 55.4 Å². The van der Waals surface area contributed by atoms with Gasteiger partial charge in [-0.3, -0.25) is 19.9 Å². The molecule has 3 aromatic rings. The lowest BCUT2D eigenvalue weighted by atomic mass is 9.61. The number of rotatable bonds is 5. The molecule has 0 aliphatic heterocycles. The SMILES string of the molecule is CC(C)(C)c1ccc(C(P)(C(C)(C)C)C(C)(C)C)c(CP(c2cnccn2)c2cnccn2)c1. The van der Waals surface area contributed by atoms with Crippen molar-refractivity contribution < 1.29 is 0 Å². The summed E-state index contributed by atoms with van der Waals surface area (Å²) in [4.78, 5) is 18.2. The fraction of sp³-hybridized carbons (Fsp3) is 0.500. The summed E-state index contributed by atoms with van der Waals surface area (Å²) in [6.45, 7) is 20.9. The molecule has 0 bridgehead atoms. The third kappa shape index (κ3) is 5.39. The van der Waals surface area contributed by atoms with Crippen molar-refractivity contribution in [2.24, 2.45) is 10.8 Å². The molecule has 0 saturated heterocycles. The van der Waals surface area contributed by atoms with Crippen molar-refractivity contribution in [2.75, 3.05) is 0 Å². The predicted octanol–water partition coefficient (Wildman–Crippen LogP) is 6.36. The van der Waals surface area contributed by atoms with Crippen LogP contribution in [0, 0.1) is 10.8 Å². The second-order valence-electron chi connectivity index (χ2n) is 12.1. The van der Waals surface area contributed by atoms with Gasteiger partial charge in [-0.25, -0.2) is 0 Å². The molecule has 6 heteroatoms. The van der Waals surface area contributed by atoms with Gasteiger partial charge in [0.15, 0.2) is 0 Å². The highest BCUT2D eigenvalue weighted by atomic mass is 31.1. The van der Waals surface area contributed by atoms with Gasteiger partial charge in [0, 0.05) is 44.0 Å². The molecule has 182 valence electrons. The third-order valence-corrected chi connectivity index (χ3v) is 11.0. The average Bonchev–Trinajstić information content (AvgIpc) is 2.76. The molecule has 0 aliphatic rings. The summed E-state index contributed by atoms with van der Waals surface area (Å²) in [5.74, 6) is 0. The molecule has 1 unspecified atom stereocenters. The molecule has 0 fully saturated rings. The fourth-order valence-corrected chi connectivity index (χ4v) is 7.09. The van der Waals surface area contributed by atoms with Crippen LogP contribution in [0.4, 0.5) is 0 Å². The highest BCUT2D eigenvalue weighted by molar-refractivity contribution is 7.71. The van der Waals surface area contributed by atoms with Gasteiger partial charge in [-0.15, -0.1) is 9.24 Å². The third-order valence-electron chi connectivity index (χ3n) is 6.74. The van der Waals surface area contributed by atoms with Crippen LogP contribution in [0.5, 0.6) is 0 Å². The number of nitrogens with zero attached hydrogens (tertiary/aromatic N) is 4. The zero-order valence-electron chi connectivity index (χ0n) is 22.2. The highest BCUT2D eigenvalue weighted by Gasteiger charge is 2.49. The molecule has 1 atom stereocenters. The molecule has 3 rings (SSSR count). The van der Waals surface area contributed by atoms with E-state index in [0.29, 0.717) is 0 Å². The van der Waals surface area contributed by atoms with Crippen molar-refractivity contribution in [3.8, 4) is 0 Å². The van der Waals surface area contributed by atoms with Gasteiger partial charge in [-0.2, -0.15) is 0 Å². The summed E-state index contributed by atoms with van der Waals surface area (Å²) in [6.07, 6.45) is 11.6. The summed E-state index contributed by atoms with van der Waals surface area (Å²) in [7, 11) is 2.41. The molecule has 1 aromatic carbocycles. The van der Waals surface area contributed by atoms with Gasteiger partial charge >= 0.3 is 0 Å². The van der Waals surface area contributed by atoms with Crippen LogP contribution < -0.4 is 10.9 Å². The van der Waals surface area contributed by atoms with E-state index in [9.17, 15) is 0 Å². The molecule has 0 radical (unpaired) electrons. The van der Waals surface area contributed by atoms with Crippen LogP contribution in [0.25, 0.3) is 0 Å². The summed E-state index contributed by atoms with van der Waals surface area (Å²) in [5, 5.41) is -0.141. The zero-order chi connectivity index (χ0) is 25.4. The Kier molecular flexibility index (Phi) is 7.66. The fourth-order valence-electron chi connectivity index (χ4n) is 4.82. The molecule has 2 heterocycles. The lowest BCUT2D eigenvalue weighted by Crippen LogP contribution is -2.46. The van der Waals surface area contributed by atoms with E-state index in [1.165, 1.54) is 16.7 Å². The van der Waals surface area contributed by atoms with Crippen molar-refractivity contribution in [3.63, 3.8) is 0 Å². The maximum absolute atomic E-state index is 4.71. The number of hydrogen-bond acceptors (Lipinski definition) is 4. The second kappa shape index (κ2) is 9.71. The Morgan fingerprint density at radius 1 is 0.735 bits per heavy atom. The molecule has 0 aliphatic carbocycles. The summed E-state index contributed by atoms with van der Waals surface area (Å²) >= 11 is 0. The summed E-state index contributed by atoms with van der Waals surface area (Å²) in [5.41, 5.74) is 6.14. The molecular weight excluding hydrogens is 454 g/mol. The largest absolute Gasteiger partial charge is 0.261 e. The Morgan fingerprint density at radius 2 is 1.24 bits per heavy atom. The van der Waals surface area contributed by atoms with Gasteiger partial charge in [0.25, 0.3) is 0 Å². The minimum atomic E-state index is -0.867. The van der Waals surface area contributed by atoms with Gasteiger partial charge in [0.2, 0.25) is 0 Å². The smallest absolute Gasteiger partial charge is 0.0877 e. The Balaban J connectivity index is 2.28. The first-order chi connectivity index (χ1) is 15.7. The zero-order valence-corrected chi connectivity index (χ0v) is 24.3. The monoisotopic (exact) mass is 494 g/mol. The van der Waals surface area contributed by atoms with E-state index < -0.39 is 7.92 Å². The molecular formula is C28H40N4P2. The number of benzene rings is 1. The van der Waals surface area contributed by atoms with Gasteiger partial charge in [0.1, 0.15) is 0 Å². The molecule has 0 N–H and O–H groups in total. The van der Waals surface area contributed by atoms with E-state index in [-0.39, 0.29) is 21.4 Å². The second-order valence-corrected chi connectivity index (χ2v) is 15.1. The van der Waals surface area contributed by atoms with Crippen molar-refractivity contribution in [1.29, 1.82) is 0 Å². The van der Waals surface area contributed by atoms with Crippen molar-refractivity contribution in [2.45, 2.75) is 79.0 Å². The maximum atomic E-state index is 4.71. The van der Waals surface area contributed by atoms with E-state index >= 15 is 0 Å². The number of hydrogen-bond donors (Lipinski definition) is 0. The summed E-state index contributed by atoms with van der Waals surface area (Å²) in [6, 6.07) is 7.12. The highest BCUT2D eigenvalue weighted by Crippen LogP contribution is 2.59. The van der Waals surface area contributed by atoms with E-state index in [0.717, 1.165) is 17.0 Å². The molecule has 0 saturated carbocycles. The quantitative estimate of drug-likeness (QED) is 0.387. The predicted molar refractivity (Wildman–Crippen MR) is 149 cm³/mol. The van der Waals surface area contributed by atoms with Crippen LogP contribution in [0.2, 0.25) is 0 Å². The first-order valence-corrected chi connectivity index (χ1v) is 14.0. The molecule has 0 spiro atoms. The van der Waals surface area contributed by atoms with Crippen LogP contribution >= 0.6 is 17.2 Å². The number of aromatic nitrogens is 4. The first kappa shape index (κ1) is 26.8. The van der Waals surface area contributed by atoms with Gasteiger partial charge in [0.05, 0.1) is 23.3 Å². The Morgan fingerprint density at radius 3 is 1.62 bits per heavy atom. The topological polar surface area (TPSA) is 51.6 Å². The van der Waals surface area contributed by atoms with Gasteiger partial charge in [-0.05, 0) is 32.9 Å². The molecule has 34 heavy (non-hydrogen) atoms. The average molecular weight is 495 g/mol. The van der Waals surface area contributed by atoms with Crippen molar-refractivity contribution in [3.05, 3.63) is 72.1 Å². The molecule has 2 aromatic heterocycles. The Bertz CT molecular complexity index is 1040. The standard InChI is InChI=1S/C28H40N4P2/c1-25(2,3)21-10-11-22(28(33,26(4,5)6)27(7,8)9)20(16-21)19-34(23-17-29-12-14-31-23)24-18-30-13-15-32-24/h10-18H,19,33H2,1-9H3. The summed E-state index contributed by atoms with van der Waals surface area (Å²) < 4.78 is 0. The van der Waals surface area contributed by atoms with Crippen LogP contribution in [-0.2, 0) is 16.7 Å². The van der Waals surface area contributed by atoms with Crippen LogP contribution in [-0.4, -0.2) is 19.9 Å². The van der Waals surface area contributed by atoms with E-state index in [2.05, 4.69) is 99.7 Å². The van der Waals surface area contributed by atoms with Gasteiger partial charge in [-0.1, -0.05) is 80.5 Å². The van der Waals surface area contributed by atoms with E-state index in [1.807, 2.05) is 12.4 Å². The van der Waals surface area contributed by atoms with Crippen LogP contribution in [0.3, 0.4) is 0 Å². The maximum Gasteiger partial charge on any atom is 0.0877 e. The lowest BCUT2D eigenvalue weighted by molar-refractivity contribution is 0.139. The van der Waals surface area contributed by atoms with Crippen molar-refractivity contribution >= 4 is 28.0 Å². The molecule has 0 amide bonds. The Hall–Kier alpha value is -1.76. The minimum Gasteiger partial charge on any atom is -0.261 e. The van der Waals surface area contributed by atoms with Crippen molar-refractivity contribution in [1.82, 2.24) is 19.9 Å². The van der Waals surface area contributed by atoms with E-state index in [4.69, 9.17) is 9.97 Å².